The molecule has 0 saturated heterocycles. The molecule has 1 N–H and O–H groups in total. The van der Waals surface area contributed by atoms with E-state index in [4.69, 9.17) is 0 Å². The predicted molar refractivity (Wildman–Crippen MR) is 90.5 cm³/mol. The van der Waals surface area contributed by atoms with Gasteiger partial charge in [0.05, 0.1) is 5.69 Å². The van der Waals surface area contributed by atoms with Crippen LogP contribution in [0.25, 0.3) is 5.57 Å². The lowest BCUT2D eigenvalue weighted by atomic mass is 9.96. The predicted octanol–water partition coefficient (Wildman–Crippen LogP) is 2.64. The maximum absolute atomic E-state index is 11.8. The minimum absolute atomic E-state index is 0.115. The Balaban J connectivity index is 1.81. The lowest BCUT2D eigenvalue weighted by molar-refractivity contribution is -0.128. The van der Waals surface area contributed by atoms with Crippen LogP contribution in [0.1, 0.15) is 38.6 Å². The first kappa shape index (κ1) is 16.7. The lowest BCUT2D eigenvalue weighted by Gasteiger charge is -2.27. The van der Waals surface area contributed by atoms with Gasteiger partial charge in [-0.1, -0.05) is 32.9 Å². The molecule has 1 aliphatic heterocycles. The molecule has 1 aromatic rings. The van der Waals surface area contributed by atoms with E-state index in [1.54, 1.807) is 0 Å². The largest absolute Gasteiger partial charge is 0.354 e. The van der Waals surface area contributed by atoms with Crippen molar-refractivity contribution in [3.8, 4) is 0 Å². The van der Waals surface area contributed by atoms with E-state index < -0.39 is 0 Å². The van der Waals surface area contributed by atoms with Crippen molar-refractivity contribution >= 4 is 11.5 Å². The Hall–Kier alpha value is -1.68. The van der Waals surface area contributed by atoms with E-state index in [2.05, 4.69) is 33.4 Å². The van der Waals surface area contributed by atoms with Gasteiger partial charge in [-0.3, -0.25) is 14.7 Å². The highest BCUT2D eigenvalue weighted by Gasteiger charge is 2.21. The van der Waals surface area contributed by atoms with Crippen LogP contribution < -0.4 is 5.32 Å². The second kappa shape index (κ2) is 7.05. The molecule has 2 heterocycles. The van der Waals surface area contributed by atoms with Gasteiger partial charge in [0.1, 0.15) is 0 Å². The quantitative estimate of drug-likeness (QED) is 0.930. The number of rotatable bonds is 4. The summed E-state index contributed by atoms with van der Waals surface area (Å²) in [5, 5.41) is 3.01. The van der Waals surface area contributed by atoms with Gasteiger partial charge in [0.15, 0.2) is 0 Å². The molecular weight excluding hydrogens is 274 g/mol. The molecular formula is C18H27N3O. The number of nitrogens with zero attached hydrogens (tertiary/aromatic N) is 2. The minimum Gasteiger partial charge on any atom is -0.354 e. The zero-order valence-electron chi connectivity index (χ0n) is 14.1. The molecule has 0 spiro atoms. The third-order valence-corrected chi connectivity index (χ3v) is 3.91. The van der Waals surface area contributed by atoms with E-state index in [1.807, 2.05) is 33.8 Å². The number of aryl methyl sites for hydroxylation is 1. The zero-order valence-corrected chi connectivity index (χ0v) is 14.1. The van der Waals surface area contributed by atoms with E-state index in [1.165, 1.54) is 5.57 Å². The second-order valence-electron chi connectivity index (χ2n) is 6.95. The van der Waals surface area contributed by atoms with Crippen LogP contribution in [-0.4, -0.2) is 42.0 Å². The number of carbonyl (C=O) groups is 1. The summed E-state index contributed by atoms with van der Waals surface area (Å²) in [6.07, 6.45) is 3.28. The normalized spacial score (nSPS) is 16.3. The molecule has 2 rings (SSSR count). The molecule has 1 aromatic heterocycles. The van der Waals surface area contributed by atoms with Gasteiger partial charge < -0.3 is 5.32 Å². The lowest BCUT2D eigenvalue weighted by Crippen LogP contribution is -2.41. The van der Waals surface area contributed by atoms with Gasteiger partial charge in [-0.25, -0.2) is 0 Å². The monoisotopic (exact) mass is 301 g/mol. The summed E-state index contributed by atoms with van der Waals surface area (Å²) in [6, 6.07) is 6.17. The third-order valence-electron chi connectivity index (χ3n) is 3.91. The molecule has 0 aromatic carbocycles. The standard InChI is InChI=1S/C18H27N3O/c1-14-6-5-7-16(20-14)15-8-11-21(12-9-15)13-10-19-17(22)18(2,3)4/h5-8H,9-13H2,1-4H3,(H,19,22). The molecule has 1 aliphatic rings. The van der Waals surface area contributed by atoms with E-state index >= 15 is 0 Å². The molecule has 0 unspecified atom stereocenters. The highest BCUT2D eigenvalue weighted by atomic mass is 16.2. The third kappa shape index (κ3) is 4.67. The summed E-state index contributed by atoms with van der Waals surface area (Å²) in [7, 11) is 0. The first-order valence-electron chi connectivity index (χ1n) is 8.00. The van der Waals surface area contributed by atoms with Crippen molar-refractivity contribution in [1.82, 2.24) is 15.2 Å². The molecule has 0 saturated carbocycles. The summed E-state index contributed by atoms with van der Waals surface area (Å²) in [5.41, 5.74) is 3.18. The molecule has 1 amide bonds. The maximum atomic E-state index is 11.8. The van der Waals surface area contributed by atoms with E-state index in [0.717, 1.165) is 37.4 Å². The fraction of sp³-hybridized carbons (Fsp3) is 0.556. The molecule has 0 atom stereocenters. The van der Waals surface area contributed by atoms with Crippen molar-refractivity contribution in [1.29, 1.82) is 0 Å². The average molecular weight is 301 g/mol. The summed E-state index contributed by atoms with van der Waals surface area (Å²) in [5.74, 6) is 0.115. The van der Waals surface area contributed by atoms with Crippen molar-refractivity contribution in [2.45, 2.75) is 34.1 Å². The van der Waals surface area contributed by atoms with Crippen molar-refractivity contribution in [3.63, 3.8) is 0 Å². The summed E-state index contributed by atoms with van der Waals surface area (Å²) >= 11 is 0. The minimum atomic E-state index is -0.314. The van der Waals surface area contributed by atoms with Crippen molar-refractivity contribution in [2.24, 2.45) is 5.41 Å². The highest BCUT2D eigenvalue weighted by Crippen LogP contribution is 2.20. The Bertz CT molecular complexity index is 558. The summed E-state index contributed by atoms with van der Waals surface area (Å²) in [6.45, 7) is 11.4. The van der Waals surface area contributed by atoms with Gasteiger partial charge in [-0.2, -0.15) is 0 Å². The fourth-order valence-corrected chi connectivity index (χ4v) is 2.46. The van der Waals surface area contributed by atoms with Gasteiger partial charge in [0, 0.05) is 37.3 Å². The van der Waals surface area contributed by atoms with Crippen molar-refractivity contribution in [3.05, 3.63) is 35.7 Å². The Morgan fingerprint density at radius 2 is 2.14 bits per heavy atom. The Morgan fingerprint density at radius 3 is 2.73 bits per heavy atom. The van der Waals surface area contributed by atoms with Crippen LogP contribution >= 0.6 is 0 Å². The van der Waals surface area contributed by atoms with Gasteiger partial charge in [-0.15, -0.1) is 0 Å². The Labute approximate surface area is 133 Å². The molecule has 120 valence electrons. The van der Waals surface area contributed by atoms with Gasteiger partial charge in [-0.05, 0) is 31.1 Å². The Kier molecular flexibility index (Phi) is 5.35. The first-order chi connectivity index (χ1) is 10.4. The molecule has 22 heavy (non-hydrogen) atoms. The molecule has 0 bridgehead atoms. The van der Waals surface area contributed by atoms with Crippen LogP contribution in [0, 0.1) is 12.3 Å². The SMILES string of the molecule is Cc1cccc(C2=CCN(CCNC(=O)C(C)(C)C)CC2)n1. The molecule has 4 heteroatoms. The number of nitrogens with one attached hydrogen (secondary N) is 1. The average Bonchev–Trinajstić information content (AvgIpc) is 2.47. The first-order valence-corrected chi connectivity index (χ1v) is 8.00. The number of aromatic nitrogens is 1. The highest BCUT2D eigenvalue weighted by molar-refractivity contribution is 5.81. The van der Waals surface area contributed by atoms with Crippen LogP contribution in [0.5, 0.6) is 0 Å². The molecule has 4 nitrogen and oxygen atoms in total. The topological polar surface area (TPSA) is 45.2 Å². The van der Waals surface area contributed by atoms with E-state index in [-0.39, 0.29) is 11.3 Å². The smallest absolute Gasteiger partial charge is 0.225 e. The fourth-order valence-electron chi connectivity index (χ4n) is 2.46. The Morgan fingerprint density at radius 1 is 1.36 bits per heavy atom. The second-order valence-corrected chi connectivity index (χ2v) is 6.95. The summed E-state index contributed by atoms with van der Waals surface area (Å²) < 4.78 is 0. The van der Waals surface area contributed by atoms with E-state index in [0.29, 0.717) is 6.54 Å². The van der Waals surface area contributed by atoms with E-state index in [9.17, 15) is 4.79 Å². The van der Waals surface area contributed by atoms with Crippen molar-refractivity contribution in [2.75, 3.05) is 26.2 Å². The number of pyridine rings is 1. The maximum Gasteiger partial charge on any atom is 0.225 e. The summed E-state index contributed by atoms with van der Waals surface area (Å²) in [4.78, 5) is 18.8. The number of hydrogen-bond acceptors (Lipinski definition) is 3. The molecule has 0 aliphatic carbocycles. The van der Waals surface area contributed by atoms with Crippen LogP contribution in [0.3, 0.4) is 0 Å². The van der Waals surface area contributed by atoms with Crippen LogP contribution in [0.2, 0.25) is 0 Å². The number of hydrogen-bond donors (Lipinski definition) is 1. The number of amides is 1. The zero-order chi connectivity index (χ0) is 16.2. The molecule has 0 radical (unpaired) electrons. The van der Waals surface area contributed by atoms with Crippen LogP contribution in [0.4, 0.5) is 0 Å². The van der Waals surface area contributed by atoms with Gasteiger partial charge in [0.25, 0.3) is 0 Å². The molecule has 0 fully saturated rings. The van der Waals surface area contributed by atoms with Crippen molar-refractivity contribution < 1.29 is 4.79 Å². The van der Waals surface area contributed by atoms with Gasteiger partial charge >= 0.3 is 0 Å². The van der Waals surface area contributed by atoms with Gasteiger partial charge in [0.2, 0.25) is 5.91 Å². The van der Waals surface area contributed by atoms with Crippen LogP contribution in [0.15, 0.2) is 24.3 Å². The van der Waals surface area contributed by atoms with Crippen LogP contribution in [-0.2, 0) is 4.79 Å². The number of carbonyl (C=O) groups excluding carboxylic acids is 1.